The summed E-state index contributed by atoms with van der Waals surface area (Å²) >= 11 is 0. The molecular weight excluding hydrogens is 609 g/mol. The van der Waals surface area contributed by atoms with Gasteiger partial charge in [-0.25, -0.2) is 0 Å². The molecule has 10 rings (SSSR count). The highest BCUT2D eigenvalue weighted by Crippen LogP contribution is 2.40. The number of hydrogen-bond acceptors (Lipinski definition) is 3. The lowest BCUT2D eigenvalue weighted by atomic mass is 10.0. The Balaban J connectivity index is 1.07. The second-order valence-corrected chi connectivity index (χ2v) is 12.8. The smallest absolute Gasteiger partial charge is 0.137 e. The van der Waals surface area contributed by atoms with Gasteiger partial charge in [-0.3, -0.25) is 4.98 Å². The summed E-state index contributed by atoms with van der Waals surface area (Å²) in [6, 6.07) is 61.8. The van der Waals surface area contributed by atoms with Gasteiger partial charge in [0.15, 0.2) is 0 Å². The van der Waals surface area contributed by atoms with Gasteiger partial charge in [0.25, 0.3) is 0 Å². The van der Waals surface area contributed by atoms with Crippen molar-refractivity contribution in [3.05, 3.63) is 182 Å². The van der Waals surface area contributed by atoms with Crippen molar-refractivity contribution in [2.75, 3.05) is 4.90 Å². The minimum atomic E-state index is 0.270. The van der Waals surface area contributed by atoms with Crippen molar-refractivity contribution in [3.8, 4) is 22.3 Å². The first-order chi connectivity index (χ1) is 25.1. The van der Waals surface area contributed by atoms with Crippen molar-refractivity contribution in [1.82, 2.24) is 4.98 Å². The van der Waals surface area contributed by atoms with Crippen LogP contribution in [0.15, 0.2) is 187 Å². The quantitative estimate of drug-likeness (QED) is 0.188. The Labute approximate surface area is 290 Å². The minimum Gasteiger partial charge on any atom is -0.456 e. The van der Waals surface area contributed by atoms with E-state index in [0.29, 0.717) is 0 Å². The molecule has 0 aliphatic heterocycles. The van der Waals surface area contributed by atoms with Crippen LogP contribution in [0, 0.1) is 0 Å². The van der Waals surface area contributed by atoms with Gasteiger partial charge in [-0.2, -0.15) is 0 Å². The van der Waals surface area contributed by atoms with Gasteiger partial charge >= 0.3 is 0 Å². The van der Waals surface area contributed by atoms with E-state index in [1.807, 2.05) is 6.07 Å². The molecule has 2 aromatic heterocycles. The van der Waals surface area contributed by atoms with Gasteiger partial charge in [0.2, 0.25) is 0 Å². The Bertz CT molecular complexity index is 2930. The summed E-state index contributed by atoms with van der Waals surface area (Å²) in [7, 11) is 0. The Hall–Kier alpha value is -6.71. The van der Waals surface area contributed by atoms with E-state index in [2.05, 4.69) is 174 Å². The van der Waals surface area contributed by atoms with Crippen molar-refractivity contribution in [2.24, 2.45) is 0 Å². The van der Waals surface area contributed by atoms with E-state index in [9.17, 15) is 0 Å². The van der Waals surface area contributed by atoms with Gasteiger partial charge < -0.3 is 9.32 Å². The molecule has 0 atom stereocenters. The lowest BCUT2D eigenvalue weighted by molar-refractivity contribution is 0.669. The normalized spacial score (nSPS) is 11.9. The molecule has 0 unspecified atom stereocenters. The van der Waals surface area contributed by atoms with E-state index < -0.39 is 0 Å². The summed E-state index contributed by atoms with van der Waals surface area (Å²) < 4.78 is 14.5. The maximum atomic E-state index is 7.98. The van der Waals surface area contributed by atoms with Gasteiger partial charge in [0.1, 0.15) is 11.2 Å². The molecule has 0 spiro atoms. The number of fused-ring (bicyclic) bond motifs is 6. The van der Waals surface area contributed by atoms with Crippen LogP contribution in [-0.2, 0) is 0 Å². The topological polar surface area (TPSA) is 29.3 Å². The standard InChI is InChI=1S/C47H30N2O/c1-2-7-35-26-38(13-11-31(35)6-1)32-15-19-40(20-16-32)49(41-21-17-33(18-22-41)39-14-12-34-10-5-25-48-45(34)28-39)42-23-24-43-44-27-36-8-3-4-9-37(36)29-46(44)50-47(43)30-42/h1-30H/i25D. The Morgan fingerprint density at radius 1 is 0.400 bits per heavy atom. The first kappa shape index (κ1) is 27.3. The molecule has 3 heteroatoms. The zero-order chi connectivity index (χ0) is 33.9. The second-order valence-electron chi connectivity index (χ2n) is 12.8. The molecule has 0 aliphatic carbocycles. The molecule has 8 aromatic carbocycles. The third kappa shape index (κ3) is 4.87. The molecule has 0 aliphatic rings. The largest absolute Gasteiger partial charge is 0.456 e. The van der Waals surface area contributed by atoms with Crippen LogP contribution in [0.25, 0.3) is 76.6 Å². The molecule has 2 heterocycles. The van der Waals surface area contributed by atoms with Crippen LogP contribution < -0.4 is 4.90 Å². The monoisotopic (exact) mass is 639 g/mol. The van der Waals surface area contributed by atoms with E-state index in [0.717, 1.165) is 61.0 Å². The molecule has 0 saturated heterocycles. The van der Waals surface area contributed by atoms with Crippen LogP contribution in [0.2, 0.25) is 0 Å². The zero-order valence-corrected chi connectivity index (χ0v) is 27.0. The fraction of sp³-hybridized carbons (Fsp3) is 0. The number of pyridine rings is 1. The summed E-state index contributed by atoms with van der Waals surface area (Å²) in [4.78, 5) is 6.72. The van der Waals surface area contributed by atoms with Crippen molar-refractivity contribution >= 4 is 71.4 Å². The molecule has 0 N–H and O–H groups in total. The van der Waals surface area contributed by atoms with Crippen LogP contribution >= 0.6 is 0 Å². The van der Waals surface area contributed by atoms with E-state index in [1.54, 1.807) is 6.07 Å². The highest BCUT2D eigenvalue weighted by molar-refractivity contribution is 6.11. The Morgan fingerprint density at radius 2 is 0.940 bits per heavy atom. The third-order valence-corrected chi connectivity index (χ3v) is 9.80. The van der Waals surface area contributed by atoms with Crippen LogP contribution in [0.4, 0.5) is 17.1 Å². The number of benzene rings is 8. The SMILES string of the molecule is [2H]c1ccc2ccc(-c3ccc(N(c4ccc(-c5ccc6ccccc6c5)cc4)c4ccc5c(c4)oc4cc6ccccc6cc45)cc3)cc2n1. The van der Waals surface area contributed by atoms with Crippen molar-refractivity contribution in [3.63, 3.8) is 0 Å². The first-order valence-electron chi connectivity index (χ1n) is 17.4. The average molecular weight is 640 g/mol. The Morgan fingerprint density at radius 3 is 1.66 bits per heavy atom. The van der Waals surface area contributed by atoms with Crippen molar-refractivity contribution < 1.29 is 5.79 Å². The molecule has 0 amide bonds. The maximum absolute atomic E-state index is 7.98. The molecule has 50 heavy (non-hydrogen) atoms. The van der Waals surface area contributed by atoms with Crippen molar-refractivity contribution in [1.29, 1.82) is 0 Å². The van der Waals surface area contributed by atoms with Gasteiger partial charge in [0.05, 0.1) is 6.89 Å². The molecule has 10 aromatic rings. The fourth-order valence-corrected chi connectivity index (χ4v) is 7.21. The predicted octanol–water partition coefficient (Wildman–Crippen LogP) is 13.2. The third-order valence-electron chi connectivity index (χ3n) is 9.80. The van der Waals surface area contributed by atoms with Crippen LogP contribution in [-0.4, -0.2) is 4.98 Å². The number of hydrogen-bond donors (Lipinski definition) is 0. The molecule has 3 nitrogen and oxygen atoms in total. The van der Waals surface area contributed by atoms with Crippen molar-refractivity contribution in [2.45, 2.75) is 0 Å². The van der Waals surface area contributed by atoms with E-state index in [-0.39, 0.29) is 6.17 Å². The molecule has 0 radical (unpaired) electrons. The summed E-state index contributed by atoms with van der Waals surface area (Å²) in [5, 5.41) is 8.08. The fourth-order valence-electron chi connectivity index (χ4n) is 7.21. The lowest BCUT2D eigenvalue weighted by Gasteiger charge is -2.26. The summed E-state index contributed by atoms with van der Waals surface area (Å²) in [6.07, 6.45) is 0.270. The number of rotatable bonds is 5. The number of anilines is 3. The van der Waals surface area contributed by atoms with Gasteiger partial charge in [-0.05, 0) is 111 Å². The van der Waals surface area contributed by atoms with Crippen LogP contribution in [0.3, 0.4) is 0 Å². The van der Waals surface area contributed by atoms with E-state index >= 15 is 0 Å². The van der Waals surface area contributed by atoms with E-state index in [1.165, 1.54) is 32.7 Å². The second kappa shape index (κ2) is 11.5. The van der Waals surface area contributed by atoms with Crippen LogP contribution in [0.1, 0.15) is 1.37 Å². The van der Waals surface area contributed by atoms with Gasteiger partial charge in [-0.15, -0.1) is 0 Å². The molecule has 0 saturated carbocycles. The predicted molar refractivity (Wildman–Crippen MR) is 210 cm³/mol. The highest BCUT2D eigenvalue weighted by Gasteiger charge is 2.17. The van der Waals surface area contributed by atoms with Gasteiger partial charge in [0, 0.05) is 45.5 Å². The lowest BCUT2D eigenvalue weighted by Crippen LogP contribution is -2.09. The minimum absolute atomic E-state index is 0.270. The number of aromatic nitrogens is 1. The molecule has 0 bridgehead atoms. The highest BCUT2D eigenvalue weighted by atomic mass is 16.3. The van der Waals surface area contributed by atoms with Gasteiger partial charge in [-0.1, -0.05) is 103 Å². The number of furan rings is 1. The summed E-state index contributed by atoms with van der Waals surface area (Å²) in [5.74, 6) is 0. The molecule has 0 fully saturated rings. The van der Waals surface area contributed by atoms with Crippen LogP contribution in [0.5, 0.6) is 0 Å². The van der Waals surface area contributed by atoms with E-state index in [4.69, 9.17) is 5.79 Å². The molecule has 234 valence electrons. The number of nitrogens with zero attached hydrogens (tertiary/aromatic N) is 2. The first-order valence-corrected chi connectivity index (χ1v) is 16.9. The zero-order valence-electron chi connectivity index (χ0n) is 28.0. The Kier molecular flexibility index (Phi) is 6.25. The summed E-state index contributed by atoms with van der Waals surface area (Å²) in [5.41, 5.74) is 10.2. The average Bonchev–Trinajstić information content (AvgIpc) is 3.53. The maximum Gasteiger partial charge on any atom is 0.137 e. The summed E-state index contributed by atoms with van der Waals surface area (Å²) in [6.45, 7) is 0. The molecular formula is C47H30N2O.